The molecule has 0 aliphatic heterocycles. The Morgan fingerprint density at radius 1 is 1.26 bits per heavy atom. The summed E-state index contributed by atoms with van der Waals surface area (Å²) < 4.78 is 5.32. The highest BCUT2D eigenvalue weighted by Crippen LogP contribution is 2.26. The number of anilines is 1. The van der Waals surface area contributed by atoms with Crippen LogP contribution in [0.5, 0.6) is 5.75 Å². The van der Waals surface area contributed by atoms with E-state index in [1.54, 1.807) is 6.07 Å². The largest absolute Gasteiger partial charge is 0.508 e. The number of phenols is 1. The van der Waals surface area contributed by atoms with E-state index in [-0.39, 0.29) is 18.2 Å². The van der Waals surface area contributed by atoms with Gasteiger partial charge in [-0.25, -0.2) is 4.79 Å². The lowest BCUT2D eigenvalue weighted by molar-refractivity contribution is 0.0492. The number of carbonyl (C=O) groups is 1. The van der Waals surface area contributed by atoms with E-state index < -0.39 is 5.60 Å². The van der Waals surface area contributed by atoms with E-state index in [0.29, 0.717) is 5.75 Å². The van der Waals surface area contributed by atoms with Crippen molar-refractivity contribution in [1.82, 2.24) is 5.32 Å². The molecule has 0 bridgehead atoms. The van der Waals surface area contributed by atoms with Crippen LogP contribution < -0.4 is 10.6 Å². The van der Waals surface area contributed by atoms with Crippen molar-refractivity contribution < 1.29 is 14.6 Å². The zero-order valence-corrected chi connectivity index (χ0v) is 14.5. The summed E-state index contributed by atoms with van der Waals surface area (Å²) in [4.78, 5) is 11.9. The first-order valence-electron chi connectivity index (χ1n) is 8.28. The molecule has 0 heterocycles. The minimum atomic E-state index is -0.476. The van der Waals surface area contributed by atoms with Crippen LogP contribution in [-0.4, -0.2) is 28.9 Å². The number of ether oxygens (including phenoxy) is 1. The number of carbonyl (C=O) groups excluding carboxylic acids is 1. The summed E-state index contributed by atoms with van der Waals surface area (Å²) in [5.74, 6) is 0.300. The Kier molecular flexibility index (Phi) is 5.39. The smallest absolute Gasteiger partial charge is 0.407 e. The molecule has 23 heavy (non-hydrogen) atoms. The topological polar surface area (TPSA) is 70.6 Å². The molecule has 1 aliphatic carbocycles. The van der Waals surface area contributed by atoms with Gasteiger partial charge in [0.15, 0.2) is 0 Å². The van der Waals surface area contributed by atoms with E-state index in [0.717, 1.165) is 36.9 Å². The van der Waals surface area contributed by atoms with Crippen molar-refractivity contribution in [2.24, 2.45) is 0 Å². The molecule has 3 N–H and O–H groups in total. The summed E-state index contributed by atoms with van der Waals surface area (Å²) in [5.41, 5.74) is 1.30. The molecular formula is C18H28N2O3. The van der Waals surface area contributed by atoms with Gasteiger partial charge >= 0.3 is 6.09 Å². The van der Waals surface area contributed by atoms with E-state index in [1.807, 2.05) is 39.8 Å². The number of nitrogens with one attached hydrogen (secondary N) is 2. The van der Waals surface area contributed by atoms with E-state index >= 15 is 0 Å². The zero-order valence-electron chi connectivity index (χ0n) is 14.5. The molecule has 2 atom stereocenters. The van der Waals surface area contributed by atoms with Crippen LogP contribution >= 0.6 is 0 Å². The summed E-state index contributed by atoms with van der Waals surface area (Å²) in [5, 5.41) is 16.2. The van der Waals surface area contributed by atoms with Crippen LogP contribution in [0.3, 0.4) is 0 Å². The third-order valence-electron chi connectivity index (χ3n) is 3.97. The standard InChI is InChI=1S/C18H28N2O3/c1-12-8-9-15(11-16(12)21)19-13-6-5-7-14(10-13)20-17(22)23-18(2,3)4/h8-9,11,13-14,19,21H,5-7,10H2,1-4H3,(H,20,22). The normalized spacial score (nSPS) is 21.6. The van der Waals surface area contributed by atoms with Gasteiger partial charge in [0.25, 0.3) is 0 Å². The van der Waals surface area contributed by atoms with E-state index in [9.17, 15) is 9.90 Å². The molecule has 1 aromatic carbocycles. The van der Waals surface area contributed by atoms with Crippen molar-refractivity contribution in [3.05, 3.63) is 23.8 Å². The van der Waals surface area contributed by atoms with Crippen molar-refractivity contribution in [2.75, 3.05) is 5.32 Å². The molecule has 128 valence electrons. The molecule has 0 radical (unpaired) electrons. The molecule has 2 unspecified atom stereocenters. The number of phenolic OH excluding ortho intramolecular Hbond substituents is 1. The van der Waals surface area contributed by atoms with Crippen LogP contribution in [0.15, 0.2) is 18.2 Å². The average molecular weight is 320 g/mol. The number of benzene rings is 1. The van der Waals surface area contributed by atoms with Crippen LogP contribution in [0.2, 0.25) is 0 Å². The molecule has 5 nitrogen and oxygen atoms in total. The number of alkyl carbamates (subject to hydrolysis) is 1. The lowest BCUT2D eigenvalue weighted by Gasteiger charge is -2.31. The molecule has 0 aromatic heterocycles. The molecule has 1 aromatic rings. The third-order valence-corrected chi connectivity index (χ3v) is 3.97. The van der Waals surface area contributed by atoms with Crippen molar-refractivity contribution in [2.45, 2.75) is 71.1 Å². The number of hydrogen-bond acceptors (Lipinski definition) is 4. The summed E-state index contributed by atoms with van der Waals surface area (Å²) in [6.45, 7) is 7.46. The molecule has 0 saturated heterocycles. The molecular weight excluding hydrogens is 292 g/mol. The first-order chi connectivity index (χ1) is 10.7. The van der Waals surface area contributed by atoms with Gasteiger partial charge in [-0.3, -0.25) is 0 Å². The maximum atomic E-state index is 11.9. The Morgan fingerprint density at radius 2 is 1.96 bits per heavy atom. The van der Waals surface area contributed by atoms with E-state index in [1.165, 1.54) is 0 Å². The van der Waals surface area contributed by atoms with Gasteiger partial charge in [-0.15, -0.1) is 0 Å². The second kappa shape index (κ2) is 7.11. The van der Waals surface area contributed by atoms with Gasteiger partial charge in [-0.2, -0.15) is 0 Å². The summed E-state index contributed by atoms with van der Waals surface area (Å²) in [6, 6.07) is 6.03. The van der Waals surface area contributed by atoms with E-state index in [2.05, 4.69) is 10.6 Å². The fraction of sp³-hybridized carbons (Fsp3) is 0.611. The molecule has 0 spiro atoms. The SMILES string of the molecule is Cc1ccc(NC2CCCC(NC(=O)OC(C)(C)C)C2)cc1O. The third kappa shape index (κ3) is 5.66. The second-order valence-electron chi connectivity index (χ2n) is 7.35. The Labute approximate surface area is 138 Å². The lowest BCUT2D eigenvalue weighted by Crippen LogP contribution is -2.43. The van der Waals surface area contributed by atoms with Crippen LogP contribution in [0.1, 0.15) is 52.0 Å². The first kappa shape index (κ1) is 17.4. The summed E-state index contributed by atoms with van der Waals surface area (Å²) in [6.07, 6.45) is 3.58. The number of hydrogen-bond donors (Lipinski definition) is 3. The van der Waals surface area contributed by atoms with E-state index in [4.69, 9.17) is 4.74 Å². The fourth-order valence-corrected chi connectivity index (χ4v) is 2.86. The van der Waals surface area contributed by atoms with Crippen LogP contribution in [0, 0.1) is 6.92 Å². The fourth-order valence-electron chi connectivity index (χ4n) is 2.86. The van der Waals surface area contributed by atoms with Gasteiger partial charge in [-0.05, 0) is 65.0 Å². The minimum Gasteiger partial charge on any atom is -0.508 e. The number of rotatable bonds is 3. The number of aromatic hydroxyl groups is 1. The molecule has 1 amide bonds. The van der Waals surface area contributed by atoms with Crippen LogP contribution in [-0.2, 0) is 4.74 Å². The molecule has 1 aliphatic rings. The lowest BCUT2D eigenvalue weighted by atomic mass is 9.91. The van der Waals surface area contributed by atoms with Gasteiger partial charge < -0.3 is 20.5 Å². The quantitative estimate of drug-likeness (QED) is 0.788. The van der Waals surface area contributed by atoms with Gasteiger partial charge in [0.1, 0.15) is 11.4 Å². The summed E-state index contributed by atoms with van der Waals surface area (Å²) >= 11 is 0. The molecule has 1 fully saturated rings. The maximum Gasteiger partial charge on any atom is 0.407 e. The molecule has 2 rings (SSSR count). The van der Waals surface area contributed by atoms with Gasteiger partial charge in [-0.1, -0.05) is 6.07 Å². The average Bonchev–Trinajstić information content (AvgIpc) is 2.41. The number of aryl methyl sites for hydroxylation is 1. The molecule has 5 heteroatoms. The monoisotopic (exact) mass is 320 g/mol. The second-order valence-corrected chi connectivity index (χ2v) is 7.35. The predicted molar refractivity (Wildman–Crippen MR) is 91.9 cm³/mol. The highest BCUT2D eigenvalue weighted by molar-refractivity contribution is 5.68. The zero-order chi connectivity index (χ0) is 17.0. The van der Waals surface area contributed by atoms with Crippen molar-refractivity contribution in [3.8, 4) is 5.75 Å². The molecule has 1 saturated carbocycles. The van der Waals surface area contributed by atoms with Gasteiger partial charge in [0.2, 0.25) is 0 Å². The Morgan fingerprint density at radius 3 is 2.61 bits per heavy atom. The van der Waals surface area contributed by atoms with Crippen molar-refractivity contribution >= 4 is 11.8 Å². The summed E-state index contributed by atoms with van der Waals surface area (Å²) in [7, 11) is 0. The van der Waals surface area contributed by atoms with Gasteiger partial charge in [0, 0.05) is 23.8 Å². The van der Waals surface area contributed by atoms with Crippen molar-refractivity contribution in [1.29, 1.82) is 0 Å². The highest BCUT2D eigenvalue weighted by Gasteiger charge is 2.25. The highest BCUT2D eigenvalue weighted by atomic mass is 16.6. The minimum absolute atomic E-state index is 0.121. The Balaban J connectivity index is 1.88. The van der Waals surface area contributed by atoms with Crippen molar-refractivity contribution in [3.63, 3.8) is 0 Å². The van der Waals surface area contributed by atoms with Crippen LogP contribution in [0.25, 0.3) is 0 Å². The Hall–Kier alpha value is -1.91. The maximum absolute atomic E-state index is 11.9. The van der Waals surface area contributed by atoms with Crippen LogP contribution in [0.4, 0.5) is 10.5 Å². The number of amides is 1. The van der Waals surface area contributed by atoms with Gasteiger partial charge in [0.05, 0.1) is 0 Å². The predicted octanol–water partition coefficient (Wildman–Crippen LogP) is 3.95. The first-order valence-corrected chi connectivity index (χ1v) is 8.28. The Bertz CT molecular complexity index is 552.